The Morgan fingerprint density at radius 2 is 2.14 bits per heavy atom. The Morgan fingerprint density at radius 1 is 1.36 bits per heavy atom. The molecule has 1 aliphatic rings. The van der Waals surface area contributed by atoms with Crippen LogP contribution in [0.25, 0.3) is 5.69 Å². The first kappa shape index (κ1) is 15.3. The predicted octanol–water partition coefficient (Wildman–Crippen LogP) is 2.65. The van der Waals surface area contributed by atoms with E-state index in [2.05, 4.69) is 10.4 Å². The molecule has 0 saturated heterocycles. The van der Waals surface area contributed by atoms with Crippen molar-refractivity contribution in [3.05, 3.63) is 46.2 Å². The molecule has 0 bridgehead atoms. The maximum atomic E-state index is 12.1. The number of amides is 1. The second-order valence-corrected chi connectivity index (χ2v) is 6.27. The van der Waals surface area contributed by atoms with Crippen molar-refractivity contribution in [2.45, 2.75) is 18.9 Å². The van der Waals surface area contributed by atoms with E-state index in [0.29, 0.717) is 28.2 Å². The Bertz CT molecular complexity index is 697. The third kappa shape index (κ3) is 3.43. The van der Waals surface area contributed by atoms with Gasteiger partial charge in [0.2, 0.25) is 0 Å². The van der Waals surface area contributed by atoms with E-state index in [-0.39, 0.29) is 11.9 Å². The second-order valence-electron chi connectivity index (χ2n) is 5.46. The van der Waals surface area contributed by atoms with E-state index in [9.17, 15) is 4.79 Å². The van der Waals surface area contributed by atoms with Crippen molar-refractivity contribution in [2.75, 3.05) is 6.54 Å². The van der Waals surface area contributed by atoms with Crippen molar-refractivity contribution in [1.29, 1.82) is 0 Å². The molecule has 2 aromatic rings. The van der Waals surface area contributed by atoms with Crippen LogP contribution in [0.5, 0.6) is 0 Å². The summed E-state index contributed by atoms with van der Waals surface area (Å²) in [5.74, 6) is 0.323. The van der Waals surface area contributed by atoms with Crippen molar-refractivity contribution >= 4 is 29.1 Å². The summed E-state index contributed by atoms with van der Waals surface area (Å²) in [5, 5.41) is 7.99. The fourth-order valence-electron chi connectivity index (χ4n) is 2.21. The van der Waals surface area contributed by atoms with Crippen molar-refractivity contribution in [3.8, 4) is 5.69 Å². The van der Waals surface area contributed by atoms with Crippen LogP contribution in [0, 0.1) is 5.92 Å². The smallest absolute Gasteiger partial charge is 0.271 e. The third-order valence-corrected chi connectivity index (χ3v) is 4.45. The van der Waals surface area contributed by atoms with Gasteiger partial charge < -0.3 is 11.1 Å². The quantitative estimate of drug-likeness (QED) is 0.880. The average Bonchev–Trinajstić information content (AvgIpc) is 3.24. The Morgan fingerprint density at radius 3 is 2.82 bits per heavy atom. The largest absolute Gasteiger partial charge is 0.349 e. The maximum Gasteiger partial charge on any atom is 0.271 e. The minimum absolute atomic E-state index is 0.0288. The number of hydrogen-bond acceptors (Lipinski definition) is 3. The molecule has 1 fully saturated rings. The minimum atomic E-state index is -0.227. The number of rotatable bonds is 5. The van der Waals surface area contributed by atoms with E-state index in [1.807, 2.05) is 0 Å². The summed E-state index contributed by atoms with van der Waals surface area (Å²) >= 11 is 11.9. The van der Waals surface area contributed by atoms with Crippen LogP contribution in [0.15, 0.2) is 30.5 Å². The lowest BCUT2D eigenvalue weighted by Crippen LogP contribution is -2.38. The van der Waals surface area contributed by atoms with E-state index in [1.165, 1.54) is 0 Å². The molecule has 1 heterocycles. The van der Waals surface area contributed by atoms with Crippen LogP contribution >= 0.6 is 23.2 Å². The number of aromatic nitrogens is 2. The van der Waals surface area contributed by atoms with Crippen LogP contribution < -0.4 is 11.1 Å². The lowest BCUT2D eigenvalue weighted by atomic mass is 10.2. The highest BCUT2D eigenvalue weighted by Gasteiger charge is 2.28. The topological polar surface area (TPSA) is 72.9 Å². The molecule has 0 radical (unpaired) electrons. The third-order valence-electron chi connectivity index (χ3n) is 3.72. The molecule has 1 aromatic heterocycles. The lowest BCUT2D eigenvalue weighted by Gasteiger charge is -2.10. The summed E-state index contributed by atoms with van der Waals surface area (Å²) in [7, 11) is 0. The van der Waals surface area contributed by atoms with E-state index < -0.39 is 0 Å². The van der Waals surface area contributed by atoms with Gasteiger partial charge in [0, 0.05) is 18.8 Å². The van der Waals surface area contributed by atoms with Gasteiger partial charge in [-0.1, -0.05) is 23.2 Å². The molecule has 1 saturated carbocycles. The normalized spacial score (nSPS) is 15.6. The molecule has 1 amide bonds. The number of nitrogens with zero attached hydrogens (tertiary/aromatic N) is 2. The number of benzene rings is 1. The number of nitrogens with one attached hydrogen (secondary N) is 1. The van der Waals surface area contributed by atoms with Gasteiger partial charge in [-0.15, -0.1) is 0 Å². The first-order valence-corrected chi connectivity index (χ1v) is 7.85. The standard InChI is InChI=1S/C15H16Cl2N4O/c16-11-4-3-10(7-12(11)17)21-6-5-14(20-21)15(22)19-8-13(18)9-1-2-9/h3-7,9,13H,1-2,8,18H2,(H,19,22). The lowest BCUT2D eigenvalue weighted by molar-refractivity contribution is 0.0945. The molecule has 1 atom stereocenters. The molecule has 22 heavy (non-hydrogen) atoms. The highest BCUT2D eigenvalue weighted by molar-refractivity contribution is 6.42. The molecular formula is C15H16Cl2N4O. The Kier molecular flexibility index (Phi) is 4.38. The average molecular weight is 339 g/mol. The molecule has 0 aliphatic heterocycles. The van der Waals surface area contributed by atoms with Crippen molar-refractivity contribution in [2.24, 2.45) is 11.7 Å². The molecule has 1 unspecified atom stereocenters. The van der Waals surface area contributed by atoms with Crippen molar-refractivity contribution < 1.29 is 4.79 Å². The van der Waals surface area contributed by atoms with E-state index in [1.54, 1.807) is 35.1 Å². The van der Waals surface area contributed by atoms with E-state index >= 15 is 0 Å². The maximum absolute atomic E-state index is 12.1. The zero-order valence-corrected chi connectivity index (χ0v) is 13.3. The highest BCUT2D eigenvalue weighted by atomic mass is 35.5. The fraction of sp³-hybridized carbons (Fsp3) is 0.333. The number of nitrogens with two attached hydrogens (primary N) is 1. The Labute approximate surface area is 138 Å². The Balaban J connectivity index is 1.67. The predicted molar refractivity (Wildman–Crippen MR) is 86.6 cm³/mol. The monoisotopic (exact) mass is 338 g/mol. The van der Waals surface area contributed by atoms with Gasteiger partial charge in [-0.05, 0) is 43.0 Å². The summed E-state index contributed by atoms with van der Waals surface area (Å²) < 4.78 is 1.58. The van der Waals surface area contributed by atoms with Gasteiger partial charge in [0.1, 0.15) is 0 Å². The van der Waals surface area contributed by atoms with Gasteiger partial charge in [-0.25, -0.2) is 4.68 Å². The zero-order valence-electron chi connectivity index (χ0n) is 11.8. The SMILES string of the molecule is NC(CNC(=O)c1ccn(-c2ccc(Cl)c(Cl)c2)n1)C1CC1. The zero-order chi connectivity index (χ0) is 15.7. The van der Waals surface area contributed by atoms with Crippen LogP contribution in [0.4, 0.5) is 0 Å². The molecule has 3 N–H and O–H groups in total. The van der Waals surface area contributed by atoms with Gasteiger partial charge in [0.25, 0.3) is 5.91 Å². The Hall–Kier alpha value is -1.56. The molecular weight excluding hydrogens is 323 g/mol. The molecule has 1 aliphatic carbocycles. The van der Waals surface area contributed by atoms with Gasteiger partial charge in [-0.3, -0.25) is 4.79 Å². The minimum Gasteiger partial charge on any atom is -0.349 e. The molecule has 1 aromatic carbocycles. The molecule has 0 spiro atoms. The number of halogens is 2. The first-order chi connectivity index (χ1) is 10.5. The highest BCUT2D eigenvalue weighted by Crippen LogP contribution is 2.31. The summed E-state index contributed by atoms with van der Waals surface area (Å²) in [5.41, 5.74) is 7.05. The fourth-order valence-corrected chi connectivity index (χ4v) is 2.50. The number of carbonyl (C=O) groups excluding carboxylic acids is 1. The van der Waals surface area contributed by atoms with Gasteiger partial charge in [0.05, 0.1) is 15.7 Å². The van der Waals surface area contributed by atoms with Gasteiger partial charge in [0.15, 0.2) is 5.69 Å². The van der Waals surface area contributed by atoms with Crippen LogP contribution in [-0.2, 0) is 0 Å². The summed E-state index contributed by atoms with van der Waals surface area (Å²) in [6.45, 7) is 0.475. The van der Waals surface area contributed by atoms with Crippen LogP contribution in [0.3, 0.4) is 0 Å². The molecule has 3 rings (SSSR count). The number of carbonyl (C=O) groups is 1. The summed E-state index contributed by atoms with van der Waals surface area (Å²) in [4.78, 5) is 12.1. The molecule has 5 nitrogen and oxygen atoms in total. The first-order valence-electron chi connectivity index (χ1n) is 7.09. The number of hydrogen-bond donors (Lipinski definition) is 2. The van der Waals surface area contributed by atoms with Crippen molar-refractivity contribution in [3.63, 3.8) is 0 Å². The summed E-state index contributed by atoms with van der Waals surface area (Å²) in [6.07, 6.45) is 4.02. The second kappa shape index (κ2) is 6.28. The van der Waals surface area contributed by atoms with Crippen LogP contribution in [0.2, 0.25) is 10.0 Å². The van der Waals surface area contributed by atoms with E-state index in [4.69, 9.17) is 28.9 Å². The van der Waals surface area contributed by atoms with Crippen LogP contribution in [-0.4, -0.2) is 28.3 Å². The molecule has 7 heteroatoms. The van der Waals surface area contributed by atoms with Crippen LogP contribution in [0.1, 0.15) is 23.3 Å². The van der Waals surface area contributed by atoms with Crippen molar-refractivity contribution in [1.82, 2.24) is 15.1 Å². The van der Waals surface area contributed by atoms with Gasteiger partial charge in [-0.2, -0.15) is 5.10 Å². The van der Waals surface area contributed by atoms with E-state index in [0.717, 1.165) is 18.5 Å². The van der Waals surface area contributed by atoms with Gasteiger partial charge >= 0.3 is 0 Å². The molecule has 116 valence electrons. The summed E-state index contributed by atoms with van der Waals surface area (Å²) in [6, 6.07) is 6.85.